The summed E-state index contributed by atoms with van der Waals surface area (Å²) in [5, 5.41) is 20.5. The van der Waals surface area contributed by atoms with Crippen molar-refractivity contribution in [3.63, 3.8) is 0 Å². The van der Waals surface area contributed by atoms with Crippen LogP contribution >= 0.6 is 0 Å². The summed E-state index contributed by atoms with van der Waals surface area (Å²) >= 11 is 0. The van der Waals surface area contributed by atoms with Crippen LogP contribution in [0.4, 0.5) is 0 Å². The predicted molar refractivity (Wildman–Crippen MR) is 110 cm³/mol. The van der Waals surface area contributed by atoms with Crippen LogP contribution in [-0.2, 0) is 6.42 Å². The van der Waals surface area contributed by atoms with Gasteiger partial charge in [-0.25, -0.2) is 0 Å². The van der Waals surface area contributed by atoms with Gasteiger partial charge in [0.15, 0.2) is 0 Å². The molecule has 0 bridgehead atoms. The van der Waals surface area contributed by atoms with Gasteiger partial charge in [0.05, 0.1) is 0 Å². The molecule has 0 unspecified atom stereocenters. The second-order valence-corrected chi connectivity index (χ2v) is 6.83. The molecular weight excluding hydrogens is 308 g/mol. The lowest BCUT2D eigenvalue weighted by Gasteiger charge is -2.22. The quantitative estimate of drug-likeness (QED) is 0.659. The van der Waals surface area contributed by atoms with E-state index in [0.29, 0.717) is 11.5 Å². The van der Waals surface area contributed by atoms with Crippen LogP contribution in [0.5, 0.6) is 11.5 Å². The molecule has 2 nitrogen and oxygen atoms in total. The third-order valence-corrected chi connectivity index (χ3v) is 5.84. The van der Waals surface area contributed by atoms with Crippen molar-refractivity contribution in [3.8, 4) is 11.5 Å². The van der Waals surface area contributed by atoms with Crippen LogP contribution in [0, 0.1) is 55.4 Å². The molecule has 0 fully saturated rings. The van der Waals surface area contributed by atoms with Gasteiger partial charge in [-0.2, -0.15) is 0 Å². The number of benzene rings is 2. The number of hydrogen-bond acceptors (Lipinski definition) is 2. The van der Waals surface area contributed by atoms with E-state index in [1.807, 2.05) is 27.7 Å². The fourth-order valence-corrected chi connectivity index (χ4v) is 3.45. The fourth-order valence-electron chi connectivity index (χ4n) is 3.45. The van der Waals surface area contributed by atoms with Crippen molar-refractivity contribution in [3.05, 3.63) is 55.6 Å². The van der Waals surface area contributed by atoms with Crippen molar-refractivity contribution < 1.29 is 10.2 Å². The van der Waals surface area contributed by atoms with Gasteiger partial charge < -0.3 is 10.2 Å². The van der Waals surface area contributed by atoms with Crippen LogP contribution in [0.1, 0.15) is 70.5 Å². The SMILES string of the molecule is C.C.Cc1c(C)c(Cc2c(C)c(C)c(O)c(C)c2C)c(C)c(C)c1O. The smallest absolute Gasteiger partial charge is 0.121 e. The molecule has 0 aliphatic rings. The number of aromatic hydroxyl groups is 2. The number of hydrogen-bond donors (Lipinski definition) is 2. The van der Waals surface area contributed by atoms with Crippen molar-refractivity contribution in [2.45, 2.75) is 76.7 Å². The van der Waals surface area contributed by atoms with Crippen LogP contribution in [0.3, 0.4) is 0 Å². The molecular formula is C23H36O2. The van der Waals surface area contributed by atoms with Gasteiger partial charge in [-0.15, -0.1) is 0 Å². The van der Waals surface area contributed by atoms with E-state index in [0.717, 1.165) is 50.9 Å². The second kappa shape index (κ2) is 7.95. The monoisotopic (exact) mass is 344 g/mol. The van der Waals surface area contributed by atoms with Crippen LogP contribution in [-0.4, -0.2) is 10.2 Å². The molecule has 0 aliphatic carbocycles. The summed E-state index contributed by atoms with van der Waals surface area (Å²) in [4.78, 5) is 0. The lowest BCUT2D eigenvalue weighted by atomic mass is 9.84. The predicted octanol–water partition coefficient (Wildman–Crippen LogP) is 6.43. The van der Waals surface area contributed by atoms with Gasteiger partial charge in [-0.05, 0) is 117 Å². The highest BCUT2D eigenvalue weighted by Gasteiger charge is 2.19. The molecule has 2 aromatic rings. The van der Waals surface area contributed by atoms with Crippen LogP contribution in [0.15, 0.2) is 0 Å². The van der Waals surface area contributed by atoms with E-state index in [2.05, 4.69) is 27.7 Å². The van der Waals surface area contributed by atoms with Gasteiger partial charge in [0.25, 0.3) is 0 Å². The lowest BCUT2D eigenvalue weighted by molar-refractivity contribution is 0.465. The Morgan fingerprint density at radius 3 is 0.840 bits per heavy atom. The molecule has 2 rings (SSSR count). The minimum atomic E-state index is 0. The summed E-state index contributed by atoms with van der Waals surface area (Å²) in [6, 6.07) is 0. The average Bonchev–Trinajstić information content (AvgIpc) is 2.54. The first-order valence-corrected chi connectivity index (χ1v) is 8.15. The first-order chi connectivity index (χ1) is 10.6. The van der Waals surface area contributed by atoms with Crippen molar-refractivity contribution in [1.29, 1.82) is 0 Å². The molecule has 2 aromatic carbocycles. The zero-order valence-electron chi connectivity index (χ0n) is 15.6. The van der Waals surface area contributed by atoms with Crippen LogP contribution in [0.2, 0.25) is 0 Å². The number of rotatable bonds is 2. The summed E-state index contributed by atoms with van der Waals surface area (Å²) in [5.74, 6) is 0.825. The van der Waals surface area contributed by atoms with E-state index in [9.17, 15) is 10.2 Å². The van der Waals surface area contributed by atoms with Gasteiger partial charge in [-0.3, -0.25) is 0 Å². The molecule has 0 aromatic heterocycles. The molecule has 0 radical (unpaired) electrons. The standard InChI is InChI=1S/C21H28O2.2CH4/c1-10-14(5)20(22)15(6)11(2)18(10)9-19-12(3)16(7)21(23)17(8)13(19)4;;/h22-23H,9H2,1-8H3;2*1H4. The Labute approximate surface area is 154 Å². The van der Waals surface area contributed by atoms with Gasteiger partial charge >= 0.3 is 0 Å². The summed E-state index contributed by atoms with van der Waals surface area (Å²) in [5.41, 5.74) is 11.1. The van der Waals surface area contributed by atoms with Gasteiger partial charge in [-0.1, -0.05) is 14.9 Å². The molecule has 0 amide bonds. The normalized spacial score (nSPS) is 10.2. The zero-order chi connectivity index (χ0) is 17.6. The highest BCUT2D eigenvalue weighted by molar-refractivity contribution is 5.58. The Kier molecular flexibility index (Phi) is 7.32. The maximum atomic E-state index is 10.3. The molecule has 0 saturated carbocycles. The Balaban J connectivity index is 0.00000288. The Bertz CT molecular complexity index is 673. The highest BCUT2D eigenvalue weighted by Crippen LogP contribution is 2.36. The van der Waals surface area contributed by atoms with Crippen molar-refractivity contribution in [2.75, 3.05) is 0 Å². The molecule has 2 heteroatoms. The summed E-state index contributed by atoms with van der Waals surface area (Å²) in [6.45, 7) is 16.3. The molecule has 25 heavy (non-hydrogen) atoms. The maximum absolute atomic E-state index is 10.3. The molecule has 0 heterocycles. The molecule has 0 atom stereocenters. The first kappa shape index (κ1) is 23.0. The summed E-state index contributed by atoms with van der Waals surface area (Å²) in [7, 11) is 0. The minimum Gasteiger partial charge on any atom is -0.507 e. The Morgan fingerprint density at radius 1 is 0.440 bits per heavy atom. The number of phenolic OH excluding ortho intramolecular Hbond substituents is 2. The third-order valence-electron chi connectivity index (χ3n) is 5.84. The maximum Gasteiger partial charge on any atom is 0.121 e. The van der Waals surface area contributed by atoms with Crippen LogP contribution in [0.25, 0.3) is 0 Å². The molecule has 0 aliphatic heterocycles. The van der Waals surface area contributed by atoms with Crippen molar-refractivity contribution in [1.82, 2.24) is 0 Å². The first-order valence-electron chi connectivity index (χ1n) is 8.15. The van der Waals surface area contributed by atoms with E-state index < -0.39 is 0 Å². The zero-order valence-corrected chi connectivity index (χ0v) is 15.6. The highest BCUT2D eigenvalue weighted by atomic mass is 16.3. The van der Waals surface area contributed by atoms with E-state index in [1.165, 1.54) is 11.1 Å². The van der Waals surface area contributed by atoms with Gasteiger partial charge in [0.2, 0.25) is 0 Å². The Morgan fingerprint density at radius 2 is 0.640 bits per heavy atom. The lowest BCUT2D eigenvalue weighted by Crippen LogP contribution is -2.06. The van der Waals surface area contributed by atoms with Gasteiger partial charge in [0.1, 0.15) is 11.5 Å². The van der Waals surface area contributed by atoms with E-state index in [4.69, 9.17) is 0 Å². The van der Waals surface area contributed by atoms with E-state index in [-0.39, 0.29) is 14.9 Å². The molecule has 2 N–H and O–H groups in total. The average molecular weight is 345 g/mol. The van der Waals surface area contributed by atoms with Crippen LogP contribution < -0.4 is 0 Å². The topological polar surface area (TPSA) is 40.5 Å². The Hall–Kier alpha value is -1.96. The fraction of sp³-hybridized carbons (Fsp3) is 0.478. The third kappa shape index (κ3) is 3.53. The summed E-state index contributed by atoms with van der Waals surface area (Å²) in [6.07, 6.45) is 0.833. The summed E-state index contributed by atoms with van der Waals surface area (Å²) < 4.78 is 0. The van der Waals surface area contributed by atoms with Crippen molar-refractivity contribution in [2.24, 2.45) is 0 Å². The second-order valence-electron chi connectivity index (χ2n) is 6.83. The number of phenols is 2. The molecule has 140 valence electrons. The minimum absolute atomic E-state index is 0. The van der Waals surface area contributed by atoms with Gasteiger partial charge in [0, 0.05) is 0 Å². The van der Waals surface area contributed by atoms with E-state index in [1.54, 1.807) is 0 Å². The molecule has 0 spiro atoms. The van der Waals surface area contributed by atoms with E-state index >= 15 is 0 Å². The van der Waals surface area contributed by atoms with Crippen molar-refractivity contribution >= 4 is 0 Å². The molecule has 0 saturated heterocycles. The largest absolute Gasteiger partial charge is 0.507 e.